The zero-order valence-corrected chi connectivity index (χ0v) is 9.08. The first-order valence-corrected chi connectivity index (χ1v) is 5.27. The van der Waals surface area contributed by atoms with Gasteiger partial charge in [0.15, 0.2) is 0 Å². The lowest BCUT2D eigenvalue weighted by Crippen LogP contribution is -2.52. The molecule has 2 N–H and O–H groups in total. The number of carbonyl (C=O) groups excluding carboxylic acids is 1. The van der Waals surface area contributed by atoms with Crippen molar-refractivity contribution in [2.75, 3.05) is 20.2 Å². The highest BCUT2D eigenvalue weighted by Crippen LogP contribution is 2.33. The Morgan fingerprint density at radius 3 is 2.50 bits per heavy atom. The summed E-state index contributed by atoms with van der Waals surface area (Å²) in [6.45, 7) is 2.77. The highest BCUT2D eigenvalue weighted by Gasteiger charge is 2.39. The van der Waals surface area contributed by atoms with Crippen LogP contribution in [-0.2, 0) is 4.74 Å². The van der Waals surface area contributed by atoms with Crippen molar-refractivity contribution in [1.29, 1.82) is 0 Å². The van der Waals surface area contributed by atoms with Gasteiger partial charge in [0, 0.05) is 13.6 Å². The first kappa shape index (κ1) is 11.3. The fourth-order valence-electron chi connectivity index (χ4n) is 2.12. The third-order valence-electron chi connectivity index (χ3n) is 3.17. The van der Waals surface area contributed by atoms with E-state index in [-0.39, 0.29) is 11.6 Å². The van der Waals surface area contributed by atoms with E-state index < -0.39 is 0 Å². The fraction of sp³-hybridized carbons (Fsp3) is 0.900. The molecule has 0 atom stereocenters. The molecule has 1 amide bonds. The molecule has 0 bridgehead atoms. The number of carbonyl (C=O) groups is 1. The summed E-state index contributed by atoms with van der Waals surface area (Å²) >= 11 is 0. The van der Waals surface area contributed by atoms with Gasteiger partial charge in [-0.2, -0.15) is 0 Å². The van der Waals surface area contributed by atoms with E-state index in [4.69, 9.17) is 10.5 Å². The molecule has 0 spiro atoms. The maximum atomic E-state index is 11.5. The lowest BCUT2D eigenvalue weighted by Gasteiger charge is -2.36. The van der Waals surface area contributed by atoms with Crippen molar-refractivity contribution in [2.45, 2.75) is 38.1 Å². The standard InChI is InChI=1S/C10H20N2O2/c1-3-14-9(13)12(2)10(8-11)6-4-5-7-10/h3-8,11H2,1-2H3. The van der Waals surface area contributed by atoms with Crippen molar-refractivity contribution in [1.82, 2.24) is 4.90 Å². The van der Waals surface area contributed by atoms with E-state index in [2.05, 4.69) is 0 Å². The molecule has 14 heavy (non-hydrogen) atoms. The Hall–Kier alpha value is -0.770. The number of hydrogen-bond acceptors (Lipinski definition) is 3. The zero-order chi connectivity index (χ0) is 10.6. The second-order valence-corrected chi connectivity index (χ2v) is 3.89. The Kier molecular flexibility index (Phi) is 3.75. The molecule has 1 fully saturated rings. The highest BCUT2D eigenvalue weighted by molar-refractivity contribution is 5.68. The summed E-state index contributed by atoms with van der Waals surface area (Å²) in [6, 6.07) is 0. The summed E-state index contributed by atoms with van der Waals surface area (Å²) < 4.78 is 4.97. The number of nitrogens with zero attached hydrogens (tertiary/aromatic N) is 1. The van der Waals surface area contributed by atoms with Crippen molar-refractivity contribution < 1.29 is 9.53 Å². The third-order valence-corrected chi connectivity index (χ3v) is 3.17. The summed E-state index contributed by atoms with van der Waals surface area (Å²) in [4.78, 5) is 13.2. The Labute approximate surface area is 85.4 Å². The predicted octanol–water partition coefficient (Wildman–Crippen LogP) is 1.35. The van der Waals surface area contributed by atoms with E-state index in [9.17, 15) is 4.79 Å². The lowest BCUT2D eigenvalue weighted by atomic mass is 9.96. The molecule has 82 valence electrons. The molecule has 0 aliphatic heterocycles. The van der Waals surface area contributed by atoms with Crippen molar-refractivity contribution in [3.63, 3.8) is 0 Å². The highest BCUT2D eigenvalue weighted by atomic mass is 16.6. The first-order valence-electron chi connectivity index (χ1n) is 5.27. The monoisotopic (exact) mass is 200 g/mol. The number of likely N-dealkylation sites (N-methyl/N-ethyl adjacent to an activating group) is 1. The molecule has 0 aromatic carbocycles. The minimum atomic E-state index is -0.250. The van der Waals surface area contributed by atoms with Crippen LogP contribution in [0.1, 0.15) is 32.6 Å². The molecule has 4 heteroatoms. The van der Waals surface area contributed by atoms with Gasteiger partial charge in [-0.1, -0.05) is 12.8 Å². The molecule has 0 aromatic heterocycles. The normalized spacial score (nSPS) is 19.4. The number of rotatable bonds is 3. The van der Waals surface area contributed by atoms with Gasteiger partial charge >= 0.3 is 6.09 Å². The topological polar surface area (TPSA) is 55.6 Å². The number of ether oxygens (including phenoxy) is 1. The second-order valence-electron chi connectivity index (χ2n) is 3.89. The Morgan fingerprint density at radius 1 is 1.50 bits per heavy atom. The van der Waals surface area contributed by atoms with Crippen LogP contribution in [0.25, 0.3) is 0 Å². The summed E-state index contributed by atoms with van der Waals surface area (Å²) in [5.41, 5.74) is 5.61. The molecule has 1 aliphatic carbocycles. The van der Waals surface area contributed by atoms with Gasteiger partial charge < -0.3 is 15.4 Å². The second kappa shape index (κ2) is 4.64. The molecule has 1 saturated carbocycles. The van der Waals surface area contributed by atoms with Gasteiger partial charge in [-0.3, -0.25) is 0 Å². The van der Waals surface area contributed by atoms with Gasteiger partial charge in [-0.25, -0.2) is 4.79 Å². The van der Waals surface area contributed by atoms with Crippen LogP contribution in [0.2, 0.25) is 0 Å². The summed E-state index contributed by atoms with van der Waals surface area (Å²) in [5.74, 6) is 0. The van der Waals surface area contributed by atoms with Gasteiger partial charge in [-0.15, -0.1) is 0 Å². The summed E-state index contributed by atoms with van der Waals surface area (Å²) in [7, 11) is 1.79. The first-order chi connectivity index (χ1) is 6.66. The van der Waals surface area contributed by atoms with Gasteiger partial charge in [0.25, 0.3) is 0 Å². The fourth-order valence-corrected chi connectivity index (χ4v) is 2.12. The third kappa shape index (κ3) is 2.00. The maximum Gasteiger partial charge on any atom is 0.409 e. The van der Waals surface area contributed by atoms with Crippen LogP contribution >= 0.6 is 0 Å². The van der Waals surface area contributed by atoms with Gasteiger partial charge in [0.05, 0.1) is 12.1 Å². The van der Waals surface area contributed by atoms with Crippen LogP contribution in [0.3, 0.4) is 0 Å². The van der Waals surface area contributed by atoms with Gasteiger partial charge in [-0.05, 0) is 19.8 Å². The average molecular weight is 200 g/mol. The Morgan fingerprint density at radius 2 is 2.07 bits per heavy atom. The number of amides is 1. The van der Waals surface area contributed by atoms with E-state index in [1.54, 1.807) is 11.9 Å². The van der Waals surface area contributed by atoms with E-state index >= 15 is 0 Å². The van der Waals surface area contributed by atoms with Gasteiger partial charge in [0.2, 0.25) is 0 Å². The van der Waals surface area contributed by atoms with Crippen molar-refractivity contribution >= 4 is 6.09 Å². The largest absolute Gasteiger partial charge is 0.450 e. The number of hydrogen-bond donors (Lipinski definition) is 1. The predicted molar refractivity (Wildman–Crippen MR) is 55.0 cm³/mol. The molecule has 1 aliphatic rings. The molecule has 0 radical (unpaired) electrons. The van der Waals surface area contributed by atoms with Crippen LogP contribution < -0.4 is 5.73 Å². The molecule has 4 nitrogen and oxygen atoms in total. The summed E-state index contributed by atoms with van der Waals surface area (Å²) in [5, 5.41) is 0. The lowest BCUT2D eigenvalue weighted by molar-refractivity contribution is 0.0715. The van der Waals surface area contributed by atoms with E-state index in [1.807, 2.05) is 6.92 Å². The zero-order valence-electron chi connectivity index (χ0n) is 9.08. The smallest absolute Gasteiger partial charge is 0.409 e. The van der Waals surface area contributed by atoms with Crippen molar-refractivity contribution in [3.05, 3.63) is 0 Å². The Bertz CT molecular complexity index is 200. The van der Waals surface area contributed by atoms with Crippen molar-refractivity contribution in [3.8, 4) is 0 Å². The minimum Gasteiger partial charge on any atom is -0.450 e. The van der Waals surface area contributed by atoms with E-state index in [0.29, 0.717) is 13.2 Å². The molecule has 0 unspecified atom stereocenters. The maximum absolute atomic E-state index is 11.5. The SMILES string of the molecule is CCOC(=O)N(C)C1(CN)CCCC1. The molecule has 0 aromatic rings. The van der Waals surface area contributed by atoms with E-state index in [1.165, 1.54) is 0 Å². The van der Waals surface area contributed by atoms with Crippen LogP contribution in [0.15, 0.2) is 0 Å². The van der Waals surface area contributed by atoms with Crippen LogP contribution in [-0.4, -0.2) is 36.7 Å². The minimum absolute atomic E-state index is 0.147. The van der Waals surface area contributed by atoms with E-state index in [0.717, 1.165) is 25.7 Å². The van der Waals surface area contributed by atoms with Crippen LogP contribution in [0, 0.1) is 0 Å². The average Bonchev–Trinajstić information content (AvgIpc) is 2.66. The molecule has 0 saturated heterocycles. The quantitative estimate of drug-likeness (QED) is 0.748. The van der Waals surface area contributed by atoms with Gasteiger partial charge in [0.1, 0.15) is 0 Å². The van der Waals surface area contributed by atoms with Crippen molar-refractivity contribution in [2.24, 2.45) is 5.73 Å². The molecule has 1 rings (SSSR count). The Balaban J connectivity index is 2.64. The van der Waals surface area contributed by atoms with Crippen LogP contribution in [0.5, 0.6) is 0 Å². The summed E-state index contributed by atoms with van der Waals surface area (Å²) in [6.07, 6.45) is 4.05. The van der Waals surface area contributed by atoms with Crippen LogP contribution in [0.4, 0.5) is 4.79 Å². The molecule has 0 heterocycles. The molecular formula is C10H20N2O2. The molecular weight excluding hydrogens is 180 g/mol. The number of nitrogens with two attached hydrogens (primary N) is 1.